The third-order valence-corrected chi connectivity index (χ3v) is 6.59. The van der Waals surface area contributed by atoms with E-state index in [0.29, 0.717) is 46.5 Å². The van der Waals surface area contributed by atoms with Gasteiger partial charge in [-0.25, -0.2) is 18.4 Å². The van der Waals surface area contributed by atoms with Crippen molar-refractivity contribution in [3.05, 3.63) is 71.2 Å². The number of halogens is 1. The van der Waals surface area contributed by atoms with E-state index in [4.69, 9.17) is 21.1 Å². The number of fused-ring (bicyclic) bond motifs is 2. The summed E-state index contributed by atoms with van der Waals surface area (Å²) in [5.41, 5.74) is 2.84. The number of rotatable bonds is 5. The highest BCUT2D eigenvalue weighted by molar-refractivity contribution is 7.92. The van der Waals surface area contributed by atoms with Crippen molar-refractivity contribution in [3.63, 3.8) is 0 Å². The predicted octanol–water partition coefficient (Wildman–Crippen LogP) is 4.91. The second-order valence-corrected chi connectivity index (χ2v) is 9.57. The van der Waals surface area contributed by atoms with Gasteiger partial charge in [-0.2, -0.15) is 0 Å². The van der Waals surface area contributed by atoms with Gasteiger partial charge in [0.25, 0.3) is 10.0 Å². The molecule has 33 heavy (non-hydrogen) atoms. The first kappa shape index (κ1) is 21.3. The largest absolute Gasteiger partial charge is 0.486 e. The van der Waals surface area contributed by atoms with Crippen LogP contribution in [0, 0.1) is 6.92 Å². The quantitative estimate of drug-likeness (QED) is 0.416. The molecule has 168 valence electrons. The van der Waals surface area contributed by atoms with E-state index in [9.17, 15) is 8.42 Å². The van der Waals surface area contributed by atoms with Crippen LogP contribution in [-0.4, -0.2) is 31.6 Å². The van der Waals surface area contributed by atoms with Gasteiger partial charge in [0, 0.05) is 16.8 Å². The van der Waals surface area contributed by atoms with Gasteiger partial charge in [0.05, 0.1) is 15.9 Å². The molecule has 0 radical (unpaired) electrons. The van der Waals surface area contributed by atoms with Crippen molar-refractivity contribution in [3.8, 4) is 11.5 Å². The lowest BCUT2D eigenvalue weighted by Gasteiger charge is -2.19. The molecule has 0 atom stereocenters. The molecule has 0 saturated carbocycles. The average molecular weight is 483 g/mol. The van der Waals surface area contributed by atoms with Crippen LogP contribution < -0.4 is 19.5 Å². The van der Waals surface area contributed by atoms with Gasteiger partial charge in [0.2, 0.25) is 0 Å². The van der Waals surface area contributed by atoms with Crippen molar-refractivity contribution in [2.45, 2.75) is 11.8 Å². The zero-order chi connectivity index (χ0) is 23.0. The van der Waals surface area contributed by atoms with E-state index in [1.807, 2.05) is 19.1 Å². The molecule has 0 spiro atoms. The summed E-state index contributed by atoms with van der Waals surface area (Å²) in [7, 11) is -3.93. The van der Waals surface area contributed by atoms with Gasteiger partial charge in [0.1, 0.15) is 13.2 Å². The minimum atomic E-state index is -3.93. The van der Waals surface area contributed by atoms with E-state index in [0.717, 1.165) is 5.56 Å². The molecule has 0 aliphatic carbocycles. The fraction of sp³-hybridized carbons (Fsp3) is 0.130. The number of ether oxygens (including phenoxy) is 2. The molecule has 4 aromatic rings. The number of hydrogen-bond acceptors (Lipinski definition) is 7. The lowest BCUT2D eigenvalue weighted by Crippen LogP contribution is -2.16. The third-order valence-electron chi connectivity index (χ3n) is 4.98. The number of aryl methyl sites for hydroxylation is 1. The van der Waals surface area contributed by atoms with E-state index in [1.165, 1.54) is 24.3 Å². The van der Waals surface area contributed by atoms with Gasteiger partial charge in [0.15, 0.2) is 23.1 Å². The third kappa shape index (κ3) is 4.50. The second kappa shape index (κ2) is 8.42. The number of anilines is 3. The first-order valence-electron chi connectivity index (χ1n) is 10.1. The Morgan fingerprint density at radius 2 is 1.58 bits per heavy atom. The van der Waals surface area contributed by atoms with E-state index >= 15 is 0 Å². The molecule has 1 aliphatic heterocycles. The standard InChI is InChI=1S/C23H19ClN4O4S/c1-14-2-8-18-19(12-14)27-22(25-16-5-9-20-21(13-16)32-11-10-31-20)23(26-18)28-33(29,30)17-6-3-15(24)4-7-17/h2-9,12-13H,10-11H2,1H3,(H,25,27)(H,26,28). The maximum absolute atomic E-state index is 13.0. The number of sulfonamides is 1. The Bertz CT molecular complexity index is 1460. The summed E-state index contributed by atoms with van der Waals surface area (Å²) in [5, 5.41) is 3.60. The van der Waals surface area contributed by atoms with Crippen LogP contribution in [0.1, 0.15) is 5.56 Å². The van der Waals surface area contributed by atoms with Crippen LogP contribution in [0.15, 0.2) is 65.6 Å². The summed E-state index contributed by atoms with van der Waals surface area (Å²) in [6.45, 7) is 2.90. The average Bonchev–Trinajstić information content (AvgIpc) is 2.79. The first-order valence-corrected chi connectivity index (χ1v) is 12.0. The molecule has 0 amide bonds. The number of nitrogens with zero attached hydrogens (tertiary/aromatic N) is 2. The zero-order valence-corrected chi connectivity index (χ0v) is 19.1. The number of nitrogens with one attached hydrogen (secondary N) is 2. The van der Waals surface area contributed by atoms with Crippen molar-refractivity contribution in [1.82, 2.24) is 9.97 Å². The summed E-state index contributed by atoms with van der Waals surface area (Å²) in [5.74, 6) is 1.56. The summed E-state index contributed by atoms with van der Waals surface area (Å²) < 4.78 is 39.8. The maximum Gasteiger partial charge on any atom is 0.263 e. The van der Waals surface area contributed by atoms with E-state index in [-0.39, 0.29) is 16.5 Å². The molecule has 3 aromatic carbocycles. The van der Waals surface area contributed by atoms with Crippen molar-refractivity contribution in [2.24, 2.45) is 0 Å². The minimum Gasteiger partial charge on any atom is -0.486 e. The maximum atomic E-state index is 13.0. The first-order chi connectivity index (χ1) is 15.9. The highest BCUT2D eigenvalue weighted by atomic mass is 35.5. The minimum absolute atomic E-state index is 0.0583. The van der Waals surface area contributed by atoms with Crippen molar-refractivity contribution < 1.29 is 17.9 Å². The molecule has 0 fully saturated rings. The van der Waals surface area contributed by atoms with Gasteiger partial charge in [-0.3, -0.25) is 4.72 Å². The van der Waals surface area contributed by atoms with Crippen LogP contribution in [0.4, 0.5) is 17.3 Å². The molecule has 0 bridgehead atoms. The summed E-state index contributed by atoms with van der Waals surface area (Å²) in [6.07, 6.45) is 0. The van der Waals surface area contributed by atoms with Gasteiger partial charge in [-0.05, 0) is 61.0 Å². The molecule has 8 nitrogen and oxygen atoms in total. The number of aromatic nitrogens is 2. The molecule has 5 rings (SSSR count). The summed E-state index contributed by atoms with van der Waals surface area (Å²) in [4.78, 5) is 9.23. The highest BCUT2D eigenvalue weighted by Crippen LogP contribution is 2.35. The lowest BCUT2D eigenvalue weighted by molar-refractivity contribution is 0.171. The van der Waals surface area contributed by atoms with Crippen LogP contribution in [0.25, 0.3) is 11.0 Å². The van der Waals surface area contributed by atoms with Crippen LogP contribution in [0.3, 0.4) is 0 Å². The van der Waals surface area contributed by atoms with Gasteiger partial charge >= 0.3 is 0 Å². The Hall–Kier alpha value is -3.56. The van der Waals surface area contributed by atoms with Crippen LogP contribution in [0.5, 0.6) is 11.5 Å². The molecule has 0 saturated heterocycles. The Morgan fingerprint density at radius 3 is 2.36 bits per heavy atom. The molecule has 2 heterocycles. The van der Waals surface area contributed by atoms with Crippen LogP contribution in [-0.2, 0) is 10.0 Å². The monoisotopic (exact) mass is 482 g/mol. The number of benzene rings is 3. The molecule has 2 N–H and O–H groups in total. The fourth-order valence-electron chi connectivity index (χ4n) is 3.38. The molecule has 0 unspecified atom stereocenters. The second-order valence-electron chi connectivity index (χ2n) is 7.46. The Kier molecular flexibility index (Phi) is 5.43. The summed E-state index contributed by atoms with van der Waals surface area (Å²) in [6, 6.07) is 16.8. The van der Waals surface area contributed by atoms with Crippen molar-refractivity contribution in [1.29, 1.82) is 0 Å². The lowest BCUT2D eigenvalue weighted by atomic mass is 10.2. The SMILES string of the molecule is Cc1ccc2nc(NS(=O)(=O)c3ccc(Cl)cc3)c(Nc3ccc4c(c3)OCCO4)nc2c1. The van der Waals surface area contributed by atoms with Crippen LogP contribution in [0.2, 0.25) is 5.02 Å². The van der Waals surface area contributed by atoms with E-state index in [1.54, 1.807) is 24.3 Å². The van der Waals surface area contributed by atoms with Gasteiger partial charge in [-0.15, -0.1) is 0 Å². The fourth-order valence-corrected chi connectivity index (χ4v) is 4.52. The molecule has 1 aromatic heterocycles. The van der Waals surface area contributed by atoms with Gasteiger partial charge < -0.3 is 14.8 Å². The molecular weight excluding hydrogens is 464 g/mol. The Labute approximate surface area is 195 Å². The molecule has 10 heteroatoms. The highest BCUT2D eigenvalue weighted by Gasteiger charge is 2.20. The zero-order valence-electron chi connectivity index (χ0n) is 17.5. The molecular formula is C23H19ClN4O4S. The van der Waals surface area contributed by atoms with Crippen molar-refractivity contribution in [2.75, 3.05) is 23.3 Å². The van der Waals surface area contributed by atoms with Crippen LogP contribution >= 0.6 is 11.6 Å². The van der Waals surface area contributed by atoms with Gasteiger partial charge in [-0.1, -0.05) is 17.7 Å². The Balaban J connectivity index is 1.56. The van der Waals surface area contributed by atoms with E-state index in [2.05, 4.69) is 20.0 Å². The molecule has 1 aliphatic rings. The Morgan fingerprint density at radius 1 is 0.848 bits per heavy atom. The topological polar surface area (TPSA) is 102 Å². The smallest absolute Gasteiger partial charge is 0.263 e. The predicted molar refractivity (Wildman–Crippen MR) is 127 cm³/mol. The van der Waals surface area contributed by atoms with E-state index < -0.39 is 10.0 Å². The van der Waals surface area contributed by atoms with Crippen molar-refractivity contribution >= 4 is 50.0 Å². The number of hydrogen-bond donors (Lipinski definition) is 2. The normalized spacial score (nSPS) is 13.0. The summed E-state index contributed by atoms with van der Waals surface area (Å²) >= 11 is 5.90.